The van der Waals surface area contributed by atoms with Gasteiger partial charge in [0.15, 0.2) is 0 Å². The molecule has 1 aromatic heterocycles. The molecule has 0 saturated carbocycles. The van der Waals surface area contributed by atoms with Crippen LogP contribution in [-0.2, 0) is 13.2 Å². The lowest BCUT2D eigenvalue weighted by Gasteiger charge is -2.23. The van der Waals surface area contributed by atoms with Gasteiger partial charge in [-0.2, -0.15) is 0 Å². The van der Waals surface area contributed by atoms with Crippen LogP contribution in [0.5, 0.6) is 5.75 Å². The zero-order valence-electron chi connectivity index (χ0n) is 17.2. The Morgan fingerprint density at radius 1 is 1.07 bits per heavy atom. The minimum Gasteiger partial charge on any atom is -0.486 e. The number of likely N-dealkylation sites (N-methyl/N-ethyl adjacent to an activating group) is 1. The molecule has 0 atom stereocenters. The number of carbonyl (C=O) groups excluding carboxylic acids is 1. The van der Waals surface area contributed by atoms with Crippen molar-refractivity contribution in [2.24, 2.45) is 0 Å². The van der Waals surface area contributed by atoms with E-state index in [1.54, 1.807) is 11.3 Å². The van der Waals surface area contributed by atoms with Crippen LogP contribution in [0.1, 0.15) is 26.6 Å². The van der Waals surface area contributed by atoms with Gasteiger partial charge in [-0.25, -0.2) is 4.98 Å². The number of nitrogens with zero attached hydrogens (tertiary/aromatic N) is 3. The lowest BCUT2D eigenvalue weighted by atomic mass is 10.2. The molecule has 3 aromatic rings. The molecule has 0 aliphatic rings. The number of ether oxygens (including phenoxy) is 1. The van der Waals surface area contributed by atoms with Crippen LogP contribution in [0, 0.1) is 6.92 Å². The Labute approximate surface area is 176 Å². The summed E-state index contributed by atoms with van der Waals surface area (Å²) in [6, 6.07) is 17.4. The van der Waals surface area contributed by atoms with E-state index in [1.807, 2.05) is 85.9 Å². The van der Waals surface area contributed by atoms with Gasteiger partial charge in [-0.15, -0.1) is 11.3 Å². The van der Waals surface area contributed by atoms with Crippen LogP contribution in [0.3, 0.4) is 0 Å². The van der Waals surface area contributed by atoms with Crippen molar-refractivity contribution in [3.8, 4) is 5.75 Å². The fourth-order valence-electron chi connectivity index (χ4n) is 2.87. The first-order valence-corrected chi connectivity index (χ1v) is 10.5. The third-order valence-electron chi connectivity index (χ3n) is 4.43. The standard InChI is InChI=1S/C23H27N3O2S/c1-18-8-7-11-21(14-18)28-16-22-24-20(17-29-22)15-26(13-12-25(2)3)23(27)19-9-5-4-6-10-19/h4-11,14,17H,12-13,15-16H2,1-3H3. The Balaban J connectivity index is 1.65. The van der Waals surface area contributed by atoms with E-state index in [2.05, 4.69) is 9.88 Å². The van der Waals surface area contributed by atoms with Crippen molar-refractivity contribution in [1.29, 1.82) is 0 Å². The lowest BCUT2D eigenvalue weighted by molar-refractivity contribution is 0.0730. The van der Waals surface area contributed by atoms with Crippen molar-refractivity contribution in [3.05, 3.63) is 81.8 Å². The Hall–Kier alpha value is -2.70. The maximum absolute atomic E-state index is 13.0. The summed E-state index contributed by atoms with van der Waals surface area (Å²) < 4.78 is 5.85. The number of aromatic nitrogens is 1. The second kappa shape index (κ2) is 10.2. The van der Waals surface area contributed by atoms with E-state index in [1.165, 1.54) is 5.56 Å². The summed E-state index contributed by atoms with van der Waals surface area (Å²) in [4.78, 5) is 21.6. The molecule has 0 fully saturated rings. The maximum atomic E-state index is 13.0. The smallest absolute Gasteiger partial charge is 0.254 e. The average molecular weight is 410 g/mol. The fraction of sp³-hybridized carbons (Fsp3) is 0.304. The van der Waals surface area contributed by atoms with Gasteiger partial charge >= 0.3 is 0 Å². The number of carbonyl (C=O) groups is 1. The SMILES string of the molecule is Cc1cccc(OCc2nc(CN(CCN(C)C)C(=O)c3ccccc3)cs2)c1. The van der Waals surface area contributed by atoms with E-state index in [-0.39, 0.29) is 5.91 Å². The van der Waals surface area contributed by atoms with Gasteiger partial charge in [0, 0.05) is 24.0 Å². The van der Waals surface area contributed by atoms with E-state index in [9.17, 15) is 4.79 Å². The minimum atomic E-state index is 0.0259. The van der Waals surface area contributed by atoms with Crippen molar-refractivity contribution in [2.45, 2.75) is 20.1 Å². The van der Waals surface area contributed by atoms with Crippen LogP contribution in [-0.4, -0.2) is 47.9 Å². The van der Waals surface area contributed by atoms with E-state index >= 15 is 0 Å². The number of amides is 1. The predicted octanol–water partition coefficient (Wildman–Crippen LogP) is 4.23. The Bertz CT molecular complexity index is 925. The Morgan fingerprint density at radius 3 is 2.59 bits per heavy atom. The van der Waals surface area contributed by atoms with Crippen LogP contribution >= 0.6 is 11.3 Å². The number of thiazole rings is 1. The molecule has 6 heteroatoms. The highest BCUT2D eigenvalue weighted by molar-refractivity contribution is 7.09. The molecule has 3 rings (SSSR count). The van der Waals surface area contributed by atoms with Gasteiger partial charge < -0.3 is 14.5 Å². The number of hydrogen-bond donors (Lipinski definition) is 0. The molecule has 1 amide bonds. The van der Waals surface area contributed by atoms with Crippen LogP contribution in [0.2, 0.25) is 0 Å². The van der Waals surface area contributed by atoms with Gasteiger partial charge in [-0.1, -0.05) is 30.3 Å². The molecule has 0 aliphatic heterocycles. The predicted molar refractivity (Wildman–Crippen MR) is 117 cm³/mol. The molecule has 152 valence electrons. The molecule has 29 heavy (non-hydrogen) atoms. The molecular formula is C23H27N3O2S. The van der Waals surface area contributed by atoms with Gasteiger partial charge in [-0.05, 0) is 50.8 Å². The zero-order chi connectivity index (χ0) is 20.6. The topological polar surface area (TPSA) is 45.7 Å². The fourth-order valence-corrected chi connectivity index (χ4v) is 3.57. The second-order valence-corrected chi connectivity index (χ2v) is 8.18. The van der Waals surface area contributed by atoms with Crippen molar-refractivity contribution < 1.29 is 9.53 Å². The van der Waals surface area contributed by atoms with Crippen molar-refractivity contribution >= 4 is 17.2 Å². The number of aryl methyl sites for hydroxylation is 1. The summed E-state index contributed by atoms with van der Waals surface area (Å²) in [5, 5.41) is 2.91. The van der Waals surface area contributed by atoms with Gasteiger partial charge in [0.25, 0.3) is 5.91 Å². The quantitative estimate of drug-likeness (QED) is 0.530. The van der Waals surface area contributed by atoms with Crippen LogP contribution < -0.4 is 4.74 Å². The van der Waals surface area contributed by atoms with E-state index in [0.717, 1.165) is 23.0 Å². The highest BCUT2D eigenvalue weighted by Crippen LogP contribution is 2.18. The van der Waals surface area contributed by atoms with Crippen molar-refractivity contribution in [3.63, 3.8) is 0 Å². The molecule has 5 nitrogen and oxygen atoms in total. The van der Waals surface area contributed by atoms with Gasteiger partial charge in [0.2, 0.25) is 0 Å². The number of hydrogen-bond acceptors (Lipinski definition) is 5. The number of rotatable bonds is 9. The maximum Gasteiger partial charge on any atom is 0.254 e. The summed E-state index contributed by atoms with van der Waals surface area (Å²) in [6.07, 6.45) is 0. The first-order chi connectivity index (χ1) is 14.0. The molecule has 0 bridgehead atoms. The molecule has 0 saturated heterocycles. The Kier molecular flexibility index (Phi) is 7.38. The molecule has 0 aliphatic carbocycles. The molecule has 2 aromatic carbocycles. The van der Waals surface area contributed by atoms with Crippen LogP contribution in [0.25, 0.3) is 0 Å². The van der Waals surface area contributed by atoms with Gasteiger partial charge in [0.05, 0.1) is 12.2 Å². The molecule has 0 unspecified atom stereocenters. The number of benzene rings is 2. The molecule has 1 heterocycles. The molecule has 0 N–H and O–H groups in total. The molecule has 0 spiro atoms. The van der Waals surface area contributed by atoms with E-state index in [4.69, 9.17) is 4.74 Å². The van der Waals surface area contributed by atoms with Crippen LogP contribution in [0.4, 0.5) is 0 Å². The minimum absolute atomic E-state index is 0.0259. The monoisotopic (exact) mass is 409 g/mol. The normalized spacial score (nSPS) is 10.9. The summed E-state index contributed by atoms with van der Waals surface area (Å²) in [6.45, 7) is 4.40. The van der Waals surface area contributed by atoms with Crippen molar-refractivity contribution in [2.75, 3.05) is 27.2 Å². The lowest BCUT2D eigenvalue weighted by Crippen LogP contribution is -2.36. The highest BCUT2D eigenvalue weighted by atomic mass is 32.1. The molecule has 0 radical (unpaired) electrons. The first-order valence-electron chi connectivity index (χ1n) is 9.63. The first kappa shape index (κ1) is 21.0. The second-order valence-electron chi connectivity index (χ2n) is 7.23. The van der Waals surface area contributed by atoms with Gasteiger partial charge in [0.1, 0.15) is 17.4 Å². The highest BCUT2D eigenvalue weighted by Gasteiger charge is 2.17. The van der Waals surface area contributed by atoms with Gasteiger partial charge in [-0.3, -0.25) is 4.79 Å². The van der Waals surface area contributed by atoms with Crippen LogP contribution in [0.15, 0.2) is 60.0 Å². The summed E-state index contributed by atoms with van der Waals surface area (Å²) in [7, 11) is 4.02. The third kappa shape index (κ3) is 6.41. The Morgan fingerprint density at radius 2 is 1.86 bits per heavy atom. The summed E-state index contributed by atoms with van der Waals surface area (Å²) in [5.74, 6) is 0.867. The molecular weight excluding hydrogens is 382 g/mol. The van der Waals surface area contributed by atoms with Crippen molar-refractivity contribution in [1.82, 2.24) is 14.8 Å². The summed E-state index contributed by atoms with van der Waals surface area (Å²) in [5.41, 5.74) is 2.75. The summed E-state index contributed by atoms with van der Waals surface area (Å²) >= 11 is 1.56. The van der Waals surface area contributed by atoms with E-state index < -0.39 is 0 Å². The van der Waals surface area contributed by atoms with E-state index in [0.29, 0.717) is 25.3 Å². The zero-order valence-corrected chi connectivity index (χ0v) is 18.0. The average Bonchev–Trinajstić information content (AvgIpc) is 3.17. The largest absolute Gasteiger partial charge is 0.486 e. The third-order valence-corrected chi connectivity index (χ3v) is 5.30.